The number of amides is 1. The largest absolute Gasteiger partial charge is 0.461 e. The Labute approximate surface area is 204 Å². The van der Waals surface area contributed by atoms with Gasteiger partial charge in [-0.15, -0.1) is 0 Å². The summed E-state index contributed by atoms with van der Waals surface area (Å²) in [5, 5.41) is 2.93. The van der Waals surface area contributed by atoms with Gasteiger partial charge >= 0.3 is 12.1 Å². The van der Waals surface area contributed by atoms with Gasteiger partial charge in [0, 0.05) is 13.1 Å². The van der Waals surface area contributed by atoms with Gasteiger partial charge in [0.1, 0.15) is 12.4 Å². The molecule has 1 N–H and O–H groups in total. The molecule has 34 heavy (non-hydrogen) atoms. The maximum Gasteiger partial charge on any atom is 0.412 e. The first kappa shape index (κ1) is 26.0. The van der Waals surface area contributed by atoms with Crippen molar-refractivity contribution in [2.75, 3.05) is 33.8 Å². The summed E-state index contributed by atoms with van der Waals surface area (Å²) in [6, 6.07) is 7.81. The van der Waals surface area contributed by atoms with E-state index in [1.54, 1.807) is 6.08 Å². The van der Waals surface area contributed by atoms with Crippen LogP contribution in [0.15, 0.2) is 43.0 Å². The molecule has 6 heteroatoms. The van der Waals surface area contributed by atoms with Gasteiger partial charge in [-0.3, -0.25) is 4.79 Å². The first-order chi connectivity index (χ1) is 16.4. The van der Waals surface area contributed by atoms with Crippen molar-refractivity contribution in [2.45, 2.75) is 57.8 Å². The van der Waals surface area contributed by atoms with E-state index >= 15 is 0 Å². The van der Waals surface area contributed by atoms with Crippen molar-refractivity contribution in [1.29, 1.82) is 0 Å². The third-order valence-electron chi connectivity index (χ3n) is 6.93. The highest BCUT2D eigenvalue weighted by molar-refractivity contribution is 5.73. The monoisotopic (exact) mass is 468 g/mol. The molecular formula is C28H40N2O4. The van der Waals surface area contributed by atoms with Crippen LogP contribution in [0.1, 0.15) is 63.4 Å². The predicted molar refractivity (Wildman–Crippen MR) is 136 cm³/mol. The van der Waals surface area contributed by atoms with Crippen molar-refractivity contribution < 1.29 is 19.1 Å². The lowest BCUT2D eigenvalue weighted by atomic mass is 9.72. The van der Waals surface area contributed by atoms with Crippen LogP contribution in [0.5, 0.6) is 5.75 Å². The van der Waals surface area contributed by atoms with Crippen molar-refractivity contribution in [3.05, 3.63) is 48.6 Å². The van der Waals surface area contributed by atoms with Crippen LogP contribution in [0.3, 0.4) is 0 Å². The van der Waals surface area contributed by atoms with Crippen LogP contribution in [0.2, 0.25) is 0 Å². The van der Waals surface area contributed by atoms with Gasteiger partial charge in [-0.2, -0.15) is 0 Å². The minimum absolute atomic E-state index is 0.215. The molecule has 1 saturated carbocycles. The van der Waals surface area contributed by atoms with Gasteiger partial charge in [0.25, 0.3) is 0 Å². The number of hydrogen-bond acceptors (Lipinski definition) is 5. The van der Waals surface area contributed by atoms with Gasteiger partial charge in [0.2, 0.25) is 0 Å². The van der Waals surface area contributed by atoms with Crippen molar-refractivity contribution in [3.8, 4) is 5.75 Å². The summed E-state index contributed by atoms with van der Waals surface area (Å²) in [6.45, 7) is 5.22. The fraction of sp³-hybridized carbons (Fsp3) is 0.571. The highest BCUT2D eigenvalue weighted by atomic mass is 16.6. The van der Waals surface area contributed by atoms with Gasteiger partial charge < -0.3 is 19.7 Å². The molecule has 6 nitrogen and oxygen atoms in total. The molecule has 1 amide bonds. The average Bonchev–Trinajstić information content (AvgIpc) is 2.82. The van der Waals surface area contributed by atoms with E-state index in [-0.39, 0.29) is 18.0 Å². The molecule has 2 aliphatic carbocycles. The number of carbonyl (C=O) groups excluding carboxylic acids is 2. The predicted octanol–water partition coefficient (Wildman–Crippen LogP) is 5.59. The molecule has 1 unspecified atom stereocenters. The van der Waals surface area contributed by atoms with Crippen LogP contribution in [-0.4, -0.2) is 50.8 Å². The van der Waals surface area contributed by atoms with Gasteiger partial charge in [-0.05, 0) is 80.8 Å². The molecule has 2 aliphatic rings. The number of hydrogen-bond donors (Lipinski definition) is 1. The molecule has 3 rings (SSSR count). The number of rotatable bonds is 10. The molecular weight excluding hydrogens is 428 g/mol. The Balaban J connectivity index is 1.61. The lowest BCUT2D eigenvalue weighted by Gasteiger charge is -2.36. The van der Waals surface area contributed by atoms with E-state index in [9.17, 15) is 9.59 Å². The normalized spacial score (nSPS) is 19.7. The van der Waals surface area contributed by atoms with Crippen LogP contribution in [0.4, 0.5) is 4.79 Å². The summed E-state index contributed by atoms with van der Waals surface area (Å²) in [6.07, 6.45) is 12.2. The number of benzene rings is 1. The van der Waals surface area contributed by atoms with Crippen molar-refractivity contribution in [2.24, 2.45) is 11.3 Å². The summed E-state index contributed by atoms with van der Waals surface area (Å²) < 4.78 is 10.9. The van der Waals surface area contributed by atoms with Gasteiger partial charge in [0.05, 0.1) is 6.42 Å². The number of nitrogens with zero attached hydrogens (tertiary/aromatic N) is 1. The van der Waals surface area contributed by atoms with Gasteiger partial charge in [-0.1, -0.05) is 50.1 Å². The minimum Gasteiger partial charge on any atom is -0.461 e. The Morgan fingerprint density at radius 2 is 2.00 bits per heavy atom. The second kappa shape index (κ2) is 12.7. The van der Waals surface area contributed by atoms with E-state index in [0.717, 1.165) is 50.6 Å². The summed E-state index contributed by atoms with van der Waals surface area (Å²) in [4.78, 5) is 27.2. The van der Waals surface area contributed by atoms with E-state index in [1.165, 1.54) is 18.4 Å². The van der Waals surface area contributed by atoms with E-state index in [2.05, 4.69) is 43.0 Å². The molecule has 0 spiro atoms. The van der Waals surface area contributed by atoms with Gasteiger partial charge in [-0.25, -0.2) is 4.79 Å². The molecule has 0 bridgehead atoms. The van der Waals surface area contributed by atoms with E-state index in [1.807, 2.05) is 18.2 Å². The van der Waals surface area contributed by atoms with Crippen molar-refractivity contribution in [3.63, 3.8) is 0 Å². The van der Waals surface area contributed by atoms with Crippen LogP contribution in [0, 0.1) is 11.3 Å². The topological polar surface area (TPSA) is 67.9 Å². The number of carbonyl (C=O) groups is 2. The number of esters is 1. The van der Waals surface area contributed by atoms with Crippen LogP contribution in [0.25, 0.3) is 5.57 Å². The highest BCUT2D eigenvalue weighted by Gasteiger charge is 2.35. The molecule has 1 atom stereocenters. The van der Waals surface area contributed by atoms with E-state index < -0.39 is 6.09 Å². The molecule has 1 fully saturated rings. The zero-order valence-corrected chi connectivity index (χ0v) is 20.8. The standard InChI is InChI=1S/C28H40N2O4/c1-4-17-33-26(31)19-28(15-8-5-9-16-28)21-29-27(32)34-24-13-10-12-22(18-24)25-14-7-6-11-23(25)20-30(2)3/h4,10,12-14,18,23H,1,5-9,11,15-17,19-21H2,2-3H3,(H,29,32). The smallest absolute Gasteiger partial charge is 0.412 e. The summed E-state index contributed by atoms with van der Waals surface area (Å²) >= 11 is 0. The van der Waals surface area contributed by atoms with Gasteiger partial charge in [0.15, 0.2) is 0 Å². The quantitative estimate of drug-likeness (QED) is 0.358. The summed E-state index contributed by atoms with van der Waals surface area (Å²) in [5.74, 6) is 0.783. The number of allylic oxidation sites excluding steroid dienone is 1. The van der Waals surface area contributed by atoms with Crippen molar-refractivity contribution >= 4 is 17.6 Å². The molecule has 0 aromatic heterocycles. The fourth-order valence-electron chi connectivity index (χ4n) is 5.30. The molecule has 0 saturated heterocycles. The molecule has 0 radical (unpaired) electrons. The fourth-order valence-corrected chi connectivity index (χ4v) is 5.30. The SMILES string of the molecule is C=CCOC(=O)CC1(CNC(=O)Oc2cccc(C3=CCCCC3CN(C)C)c2)CCCCC1. The molecule has 0 aliphatic heterocycles. The molecule has 186 valence electrons. The zero-order chi connectivity index (χ0) is 24.4. The minimum atomic E-state index is -0.482. The molecule has 1 aromatic carbocycles. The molecule has 1 aromatic rings. The van der Waals surface area contributed by atoms with Crippen LogP contribution in [-0.2, 0) is 9.53 Å². The first-order valence-electron chi connectivity index (χ1n) is 12.6. The second-order valence-electron chi connectivity index (χ2n) is 10.0. The third-order valence-corrected chi connectivity index (χ3v) is 6.93. The Hall–Kier alpha value is -2.60. The first-order valence-corrected chi connectivity index (χ1v) is 12.6. The second-order valence-corrected chi connectivity index (χ2v) is 10.0. The summed E-state index contributed by atoms with van der Waals surface area (Å²) in [5.41, 5.74) is 2.18. The Morgan fingerprint density at radius 3 is 2.74 bits per heavy atom. The highest BCUT2D eigenvalue weighted by Crippen LogP contribution is 2.39. The Kier molecular flexibility index (Phi) is 9.75. The number of ether oxygens (including phenoxy) is 2. The molecule has 0 heterocycles. The maximum absolute atomic E-state index is 12.7. The van der Waals surface area contributed by atoms with Crippen LogP contribution < -0.4 is 10.1 Å². The van der Waals surface area contributed by atoms with Crippen molar-refractivity contribution in [1.82, 2.24) is 10.2 Å². The zero-order valence-electron chi connectivity index (χ0n) is 20.8. The summed E-state index contributed by atoms with van der Waals surface area (Å²) in [7, 11) is 4.21. The van der Waals surface area contributed by atoms with Crippen LogP contribution >= 0.6 is 0 Å². The van der Waals surface area contributed by atoms with E-state index in [4.69, 9.17) is 9.47 Å². The lowest BCUT2D eigenvalue weighted by molar-refractivity contribution is -0.145. The maximum atomic E-state index is 12.7. The lowest BCUT2D eigenvalue weighted by Crippen LogP contribution is -2.41. The Morgan fingerprint density at radius 1 is 1.21 bits per heavy atom. The number of nitrogens with one attached hydrogen (secondary N) is 1. The van der Waals surface area contributed by atoms with E-state index in [0.29, 0.717) is 24.6 Å². The third kappa shape index (κ3) is 7.73. The Bertz CT molecular complexity index is 871. The average molecular weight is 469 g/mol.